The Labute approximate surface area is 241 Å². The zero-order valence-electron chi connectivity index (χ0n) is 26.4. The summed E-state index contributed by atoms with van der Waals surface area (Å²) in [6, 6.07) is 0. The molecular formula is C35H52O5. The van der Waals surface area contributed by atoms with E-state index in [0.29, 0.717) is 42.5 Å². The third-order valence-corrected chi connectivity index (χ3v) is 13.8. The second kappa shape index (κ2) is 9.04. The van der Waals surface area contributed by atoms with Crippen LogP contribution >= 0.6 is 0 Å². The van der Waals surface area contributed by atoms with E-state index < -0.39 is 23.5 Å². The van der Waals surface area contributed by atoms with Gasteiger partial charge in [-0.1, -0.05) is 66.2 Å². The van der Waals surface area contributed by atoms with Crippen LogP contribution in [0.5, 0.6) is 0 Å². The number of rotatable bonds is 3. The van der Waals surface area contributed by atoms with Crippen molar-refractivity contribution in [3.05, 3.63) is 23.3 Å². The lowest BCUT2D eigenvalue weighted by atomic mass is 9.33. The fourth-order valence-electron chi connectivity index (χ4n) is 11.1. The maximum absolute atomic E-state index is 13.4. The van der Waals surface area contributed by atoms with Gasteiger partial charge in [-0.15, -0.1) is 0 Å². The Morgan fingerprint density at radius 2 is 1.65 bits per heavy atom. The summed E-state index contributed by atoms with van der Waals surface area (Å²) in [6.07, 6.45) is 10.9. The summed E-state index contributed by atoms with van der Waals surface area (Å²) in [5, 5.41) is 11.0. The molecule has 5 nitrogen and oxygen atoms in total. The number of aliphatic carboxylic acids is 1. The molecule has 8 atom stereocenters. The van der Waals surface area contributed by atoms with Crippen molar-refractivity contribution in [1.82, 2.24) is 0 Å². The molecule has 222 valence electrons. The summed E-state index contributed by atoms with van der Waals surface area (Å²) >= 11 is 0. The molecule has 0 spiro atoms. The Bertz CT molecular complexity index is 1190. The predicted molar refractivity (Wildman–Crippen MR) is 156 cm³/mol. The summed E-state index contributed by atoms with van der Waals surface area (Å²) < 4.78 is 6.13. The molecule has 4 fully saturated rings. The molecule has 0 aromatic rings. The number of carbonyl (C=O) groups excluding carboxylic acids is 2. The topological polar surface area (TPSA) is 80.7 Å². The van der Waals surface area contributed by atoms with Crippen molar-refractivity contribution in [2.45, 2.75) is 126 Å². The molecule has 5 aliphatic carbocycles. The predicted octanol–water partition coefficient (Wildman–Crippen LogP) is 7.93. The molecule has 1 N–H and O–H groups in total. The molecule has 5 heteroatoms. The summed E-state index contributed by atoms with van der Waals surface area (Å²) in [7, 11) is 0. The molecule has 0 amide bonds. The van der Waals surface area contributed by atoms with E-state index in [9.17, 15) is 19.5 Å². The van der Waals surface area contributed by atoms with Crippen LogP contribution in [-0.2, 0) is 19.1 Å². The molecule has 5 rings (SSSR count). The molecule has 0 aromatic carbocycles. The second-order valence-corrected chi connectivity index (χ2v) is 16.3. The minimum atomic E-state index is -1.10. The highest BCUT2D eigenvalue weighted by atomic mass is 16.5. The number of hydrogen-bond acceptors (Lipinski definition) is 4. The van der Waals surface area contributed by atoms with Crippen molar-refractivity contribution in [2.75, 3.05) is 0 Å². The van der Waals surface area contributed by atoms with Crippen molar-refractivity contribution in [3.63, 3.8) is 0 Å². The Balaban J connectivity index is 1.60. The Morgan fingerprint density at radius 3 is 2.27 bits per heavy atom. The van der Waals surface area contributed by atoms with Gasteiger partial charge >= 0.3 is 11.9 Å². The highest BCUT2D eigenvalue weighted by Crippen LogP contribution is 2.75. The Morgan fingerprint density at radius 1 is 0.975 bits per heavy atom. The number of ether oxygens (including phenoxy) is 1. The fourth-order valence-corrected chi connectivity index (χ4v) is 11.1. The van der Waals surface area contributed by atoms with Crippen LogP contribution in [0.25, 0.3) is 0 Å². The van der Waals surface area contributed by atoms with Crippen LogP contribution in [0, 0.1) is 50.2 Å². The van der Waals surface area contributed by atoms with Crippen LogP contribution in [0.2, 0.25) is 0 Å². The van der Waals surface area contributed by atoms with E-state index in [0.717, 1.165) is 38.5 Å². The van der Waals surface area contributed by atoms with Crippen LogP contribution in [0.1, 0.15) is 120 Å². The zero-order valence-corrected chi connectivity index (χ0v) is 26.4. The van der Waals surface area contributed by atoms with E-state index in [-0.39, 0.29) is 33.0 Å². The van der Waals surface area contributed by atoms with Gasteiger partial charge in [0.1, 0.15) is 17.3 Å². The molecule has 0 radical (unpaired) electrons. The first-order chi connectivity index (χ1) is 18.4. The molecule has 0 aromatic heterocycles. The molecular weight excluding hydrogens is 500 g/mol. The summed E-state index contributed by atoms with van der Waals surface area (Å²) in [5.41, 5.74) is 0.279. The number of esters is 1. The molecule has 0 unspecified atom stereocenters. The largest absolute Gasteiger partial charge is 0.481 e. The maximum atomic E-state index is 13.4. The van der Waals surface area contributed by atoms with Crippen LogP contribution in [-0.4, -0.2) is 28.9 Å². The van der Waals surface area contributed by atoms with E-state index in [1.807, 2.05) is 6.92 Å². The van der Waals surface area contributed by atoms with Gasteiger partial charge in [0.2, 0.25) is 0 Å². The quantitative estimate of drug-likeness (QED) is 0.218. The number of carboxylic acids is 1. The van der Waals surface area contributed by atoms with Gasteiger partial charge in [-0.3, -0.25) is 9.59 Å². The minimum Gasteiger partial charge on any atom is -0.481 e. The van der Waals surface area contributed by atoms with Crippen LogP contribution < -0.4 is 0 Å². The lowest BCUT2D eigenvalue weighted by Gasteiger charge is -2.70. The number of fused-ring (bicyclic) bond motifs is 7. The fraction of sp³-hybridized carbons (Fsp3) is 0.800. The number of Topliss-reactive ketones (excluding diaryl/α,β-unsaturated/α-hetero) is 1. The summed E-state index contributed by atoms with van der Waals surface area (Å²) in [5.74, 6) is -0.125. The monoisotopic (exact) mass is 552 g/mol. The molecule has 5 aliphatic rings. The van der Waals surface area contributed by atoms with E-state index in [2.05, 4.69) is 54.5 Å². The number of carboxylic acid groups (broad SMARTS) is 1. The number of carbonyl (C=O) groups is 3. The van der Waals surface area contributed by atoms with Gasteiger partial charge in [-0.05, 0) is 98.7 Å². The first kappa shape index (κ1) is 29.6. The molecule has 40 heavy (non-hydrogen) atoms. The van der Waals surface area contributed by atoms with E-state index >= 15 is 0 Å². The Kier molecular flexibility index (Phi) is 6.69. The average Bonchev–Trinajstić information content (AvgIpc) is 2.85. The van der Waals surface area contributed by atoms with Crippen molar-refractivity contribution in [2.24, 2.45) is 50.2 Å². The number of allylic oxidation sites excluding steroid dienone is 3. The van der Waals surface area contributed by atoms with E-state index in [1.54, 1.807) is 13.0 Å². The standard InChI is InChI=1S/C35H52O5/c1-10-21(2)28(37)40-27-20-30(3,4)19-23-22-11-12-25-32(7)15-14-26(36)31(5,6)24(32)13-16-34(25,9)33(22,8)17-18-35(23,27)29(38)39/h10-11,23-25,27H,12-20H2,1-9H3,(H,38,39)/b21-10+/t23-,24+,25+,27+,32-,33+,34+,35-/m0/s1. The molecule has 0 saturated heterocycles. The van der Waals surface area contributed by atoms with E-state index in [1.165, 1.54) is 5.57 Å². The number of ketones is 1. The molecule has 0 bridgehead atoms. The first-order valence-electron chi connectivity index (χ1n) is 15.7. The Hall–Kier alpha value is -1.91. The molecule has 0 heterocycles. The van der Waals surface area contributed by atoms with Crippen molar-refractivity contribution in [3.8, 4) is 0 Å². The lowest BCUT2D eigenvalue weighted by Crippen LogP contribution is -2.66. The minimum absolute atomic E-state index is 0.0266. The van der Waals surface area contributed by atoms with Crippen LogP contribution in [0.4, 0.5) is 0 Å². The van der Waals surface area contributed by atoms with E-state index in [4.69, 9.17) is 4.74 Å². The third-order valence-electron chi connectivity index (χ3n) is 13.8. The molecule has 0 aliphatic heterocycles. The highest BCUT2D eigenvalue weighted by molar-refractivity contribution is 5.88. The number of hydrogen-bond donors (Lipinski definition) is 1. The van der Waals surface area contributed by atoms with Gasteiger partial charge in [0.25, 0.3) is 0 Å². The summed E-state index contributed by atoms with van der Waals surface area (Å²) in [4.78, 5) is 39.4. The van der Waals surface area contributed by atoms with Crippen molar-refractivity contribution >= 4 is 17.7 Å². The van der Waals surface area contributed by atoms with Gasteiger partial charge in [0.15, 0.2) is 0 Å². The normalized spacial score (nSPS) is 45.7. The van der Waals surface area contributed by atoms with Gasteiger partial charge < -0.3 is 9.84 Å². The maximum Gasteiger partial charge on any atom is 0.333 e. The average molecular weight is 553 g/mol. The lowest BCUT2D eigenvalue weighted by molar-refractivity contribution is -0.206. The van der Waals surface area contributed by atoms with Gasteiger partial charge in [0.05, 0.1) is 0 Å². The smallest absolute Gasteiger partial charge is 0.333 e. The first-order valence-corrected chi connectivity index (χ1v) is 15.7. The van der Waals surface area contributed by atoms with Crippen molar-refractivity contribution in [1.29, 1.82) is 0 Å². The second-order valence-electron chi connectivity index (χ2n) is 16.3. The highest BCUT2D eigenvalue weighted by Gasteiger charge is 2.71. The van der Waals surface area contributed by atoms with Crippen LogP contribution in [0.3, 0.4) is 0 Å². The van der Waals surface area contributed by atoms with Crippen LogP contribution in [0.15, 0.2) is 23.3 Å². The zero-order chi connectivity index (χ0) is 29.7. The summed E-state index contributed by atoms with van der Waals surface area (Å²) in [6.45, 7) is 19.7. The van der Waals surface area contributed by atoms with Crippen molar-refractivity contribution < 1.29 is 24.2 Å². The third kappa shape index (κ3) is 3.73. The SMILES string of the molecule is C/C=C(\C)C(=O)O[C@@H]1CC(C)(C)C[C@H]2C3=CC[C@@H]4[C@@]5(C)CCC(=O)C(C)(C)[C@H]5CC[C@@]4(C)[C@]3(C)CC[C@@]12C(=O)O. The van der Waals surface area contributed by atoms with Gasteiger partial charge in [0, 0.05) is 23.3 Å². The molecule has 4 saturated carbocycles. The van der Waals surface area contributed by atoms with Gasteiger partial charge in [-0.25, -0.2) is 4.79 Å². The van der Waals surface area contributed by atoms with Gasteiger partial charge in [-0.2, -0.15) is 0 Å².